The number of carbonyl (C=O) groups is 4. The van der Waals surface area contributed by atoms with Crippen molar-refractivity contribution in [2.24, 2.45) is 23.7 Å². The summed E-state index contributed by atoms with van der Waals surface area (Å²) in [6.45, 7) is 0. The topological polar surface area (TPSA) is 86.7 Å². The van der Waals surface area contributed by atoms with Crippen LogP contribution in [-0.2, 0) is 9.47 Å². The molecular formula is C42H30O6. The summed E-state index contributed by atoms with van der Waals surface area (Å²) in [5, 5.41) is 0. The van der Waals surface area contributed by atoms with E-state index in [1.807, 2.05) is 84.9 Å². The van der Waals surface area contributed by atoms with E-state index in [0.29, 0.717) is 22.3 Å². The number of rotatable bonds is 8. The van der Waals surface area contributed by atoms with Crippen LogP contribution in [0.25, 0.3) is 0 Å². The lowest BCUT2D eigenvalue weighted by Gasteiger charge is -2.32. The van der Waals surface area contributed by atoms with Crippen molar-refractivity contribution in [1.29, 1.82) is 0 Å². The van der Waals surface area contributed by atoms with E-state index < -0.39 is 48.1 Å². The van der Waals surface area contributed by atoms with Gasteiger partial charge in [0.1, 0.15) is 0 Å². The van der Waals surface area contributed by atoms with E-state index in [9.17, 15) is 19.2 Å². The van der Waals surface area contributed by atoms with Crippen molar-refractivity contribution in [3.05, 3.63) is 178 Å². The minimum Gasteiger partial charge on any atom is -0.364 e. The number of benzene rings is 5. The average Bonchev–Trinajstić information content (AvgIpc) is 3.92. The fourth-order valence-electron chi connectivity index (χ4n) is 8.51. The van der Waals surface area contributed by atoms with Gasteiger partial charge in [-0.1, -0.05) is 121 Å². The smallest absolute Gasteiger partial charge is 0.169 e. The molecule has 4 aliphatic heterocycles. The van der Waals surface area contributed by atoms with E-state index in [1.165, 1.54) is 0 Å². The number of hydrogen-bond acceptors (Lipinski definition) is 6. The SMILES string of the molecule is O=C(c1ccccc1)[C@@H]1[C@H](C(=O)c2ccccc2)[C@@H]2O[C@@H]1c1cc3c(cc12)[C@@H]1O[C@@H]3[C@@H](C(=O)c2ccccc2)[C@@H]1C(=O)c1ccccc1. The van der Waals surface area contributed by atoms with E-state index in [2.05, 4.69) is 0 Å². The van der Waals surface area contributed by atoms with Gasteiger partial charge in [0.2, 0.25) is 0 Å². The average molecular weight is 631 g/mol. The Morgan fingerprint density at radius 2 is 0.542 bits per heavy atom. The number of Topliss-reactive ketones (excluding diaryl/α,β-unsaturated/α-hetero) is 4. The van der Waals surface area contributed by atoms with E-state index in [0.717, 1.165) is 22.3 Å². The van der Waals surface area contributed by atoms with Gasteiger partial charge < -0.3 is 9.47 Å². The van der Waals surface area contributed by atoms with Crippen molar-refractivity contribution >= 4 is 23.1 Å². The van der Waals surface area contributed by atoms with Crippen LogP contribution in [0.5, 0.6) is 0 Å². The molecule has 0 amide bonds. The lowest BCUT2D eigenvalue weighted by atomic mass is 9.66. The number of carbonyl (C=O) groups excluding carboxylic acids is 4. The Kier molecular flexibility index (Phi) is 6.71. The first-order valence-corrected chi connectivity index (χ1v) is 16.4. The third-order valence-electron chi connectivity index (χ3n) is 10.6. The highest BCUT2D eigenvalue weighted by Gasteiger charge is 2.62. The molecule has 5 aromatic carbocycles. The second kappa shape index (κ2) is 11.2. The first kappa shape index (κ1) is 28.9. The van der Waals surface area contributed by atoms with Crippen LogP contribution in [0, 0.1) is 23.7 Å². The Morgan fingerprint density at radius 3 is 0.750 bits per heavy atom. The predicted molar refractivity (Wildman–Crippen MR) is 177 cm³/mol. The highest BCUT2D eigenvalue weighted by atomic mass is 16.5. The minimum atomic E-state index is -0.718. The highest BCUT2D eigenvalue weighted by Crippen LogP contribution is 2.64. The van der Waals surface area contributed by atoms with Crippen LogP contribution in [0.1, 0.15) is 88.1 Å². The molecule has 0 aromatic heterocycles. The standard InChI is InChI=1S/C42H30O6/c43-35(23-13-5-1-6-14-23)31-32(36(44)24-15-7-2-8-16-24)40-28-22-30-29(21-27(28)39(31)47-40)41-33(37(45)25-17-9-3-10-18-25)34(42(30)48-41)38(46)26-19-11-4-12-20-26/h1-22,31-34,39-42H/t31-,32-,33-,34+,39+,40+,41-,42-/m1/s1. The fourth-order valence-corrected chi connectivity index (χ4v) is 8.51. The number of ether oxygens (including phenoxy) is 2. The summed E-state index contributed by atoms with van der Waals surface area (Å²) >= 11 is 0. The van der Waals surface area contributed by atoms with Gasteiger partial charge in [-0.15, -0.1) is 0 Å². The van der Waals surface area contributed by atoms with Crippen LogP contribution in [-0.4, -0.2) is 23.1 Å². The lowest BCUT2D eigenvalue weighted by molar-refractivity contribution is 0.0476. The fraction of sp³-hybridized carbons (Fsp3) is 0.190. The molecule has 5 aromatic rings. The zero-order chi connectivity index (χ0) is 32.5. The molecule has 2 saturated heterocycles. The monoisotopic (exact) mass is 630 g/mol. The van der Waals surface area contributed by atoms with Crippen molar-refractivity contribution in [3.63, 3.8) is 0 Å². The van der Waals surface area contributed by atoms with Crippen LogP contribution >= 0.6 is 0 Å². The molecule has 4 aliphatic rings. The summed E-state index contributed by atoms with van der Waals surface area (Å²) in [5.41, 5.74) is 5.51. The van der Waals surface area contributed by atoms with Gasteiger partial charge >= 0.3 is 0 Å². The van der Waals surface area contributed by atoms with E-state index >= 15 is 0 Å². The minimum absolute atomic E-state index is 0.132. The molecule has 0 N–H and O–H groups in total. The molecule has 8 atom stereocenters. The summed E-state index contributed by atoms with van der Waals surface area (Å²) in [5.74, 6) is -3.40. The number of hydrogen-bond donors (Lipinski definition) is 0. The van der Waals surface area contributed by atoms with Gasteiger partial charge in [0, 0.05) is 22.3 Å². The van der Waals surface area contributed by atoms with Gasteiger partial charge in [0.15, 0.2) is 23.1 Å². The largest absolute Gasteiger partial charge is 0.364 e. The summed E-state index contributed by atoms with van der Waals surface area (Å²) in [7, 11) is 0. The normalized spacial score (nSPS) is 27.3. The molecule has 234 valence electrons. The summed E-state index contributed by atoms with van der Waals surface area (Å²) in [6.07, 6.45) is -2.54. The van der Waals surface area contributed by atoms with Crippen LogP contribution in [0.15, 0.2) is 133 Å². The molecular weight excluding hydrogens is 600 g/mol. The molecule has 6 nitrogen and oxygen atoms in total. The van der Waals surface area contributed by atoms with Crippen LogP contribution in [0.4, 0.5) is 0 Å². The van der Waals surface area contributed by atoms with Gasteiger partial charge in [0.25, 0.3) is 0 Å². The second-order valence-electron chi connectivity index (χ2n) is 13.1. The molecule has 6 heteroatoms. The molecule has 48 heavy (non-hydrogen) atoms. The third-order valence-corrected chi connectivity index (χ3v) is 10.6. The Morgan fingerprint density at radius 1 is 0.333 bits per heavy atom. The van der Waals surface area contributed by atoms with Crippen molar-refractivity contribution in [2.45, 2.75) is 24.4 Å². The second-order valence-corrected chi connectivity index (χ2v) is 13.1. The summed E-state index contributed by atoms with van der Waals surface area (Å²) in [4.78, 5) is 56.7. The van der Waals surface area contributed by atoms with Crippen LogP contribution in [0.3, 0.4) is 0 Å². The van der Waals surface area contributed by atoms with E-state index in [-0.39, 0.29) is 23.1 Å². The van der Waals surface area contributed by atoms with Gasteiger partial charge in [-0.2, -0.15) is 0 Å². The molecule has 0 unspecified atom stereocenters. The third kappa shape index (κ3) is 4.26. The summed E-state index contributed by atoms with van der Waals surface area (Å²) < 4.78 is 13.2. The first-order chi connectivity index (χ1) is 23.5. The zero-order valence-corrected chi connectivity index (χ0v) is 25.8. The van der Waals surface area contributed by atoms with Crippen LogP contribution in [0.2, 0.25) is 0 Å². The van der Waals surface area contributed by atoms with Crippen molar-refractivity contribution in [3.8, 4) is 0 Å². The molecule has 9 rings (SSSR count). The maximum Gasteiger partial charge on any atom is 0.169 e. The number of ketones is 4. The van der Waals surface area contributed by atoms with Crippen molar-refractivity contribution in [2.75, 3.05) is 0 Å². The molecule has 0 saturated carbocycles. The highest BCUT2D eigenvalue weighted by molar-refractivity contribution is 6.07. The Hall–Kier alpha value is -5.30. The predicted octanol–water partition coefficient (Wildman–Crippen LogP) is 7.94. The van der Waals surface area contributed by atoms with Gasteiger partial charge in [-0.25, -0.2) is 0 Å². The quantitative estimate of drug-likeness (QED) is 0.162. The lowest BCUT2D eigenvalue weighted by Crippen LogP contribution is -2.36. The molecule has 0 spiro atoms. The number of fused-ring (bicyclic) bond motifs is 10. The van der Waals surface area contributed by atoms with Gasteiger partial charge in [-0.3, -0.25) is 19.2 Å². The van der Waals surface area contributed by atoms with Crippen LogP contribution < -0.4 is 0 Å². The molecule has 4 heterocycles. The molecule has 4 bridgehead atoms. The van der Waals surface area contributed by atoms with Gasteiger partial charge in [0.05, 0.1) is 48.1 Å². The maximum atomic E-state index is 14.2. The zero-order valence-electron chi connectivity index (χ0n) is 25.8. The molecule has 0 aliphatic carbocycles. The van der Waals surface area contributed by atoms with Gasteiger partial charge in [-0.05, 0) is 34.4 Å². The van der Waals surface area contributed by atoms with E-state index in [1.54, 1.807) is 48.5 Å². The Balaban J connectivity index is 1.16. The summed E-state index contributed by atoms with van der Waals surface area (Å²) in [6, 6.07) is 40.2. The van der Waals surface area contributed by atoms with E-state index in [4.69, 9.17) is 9.47 Å². The maximum absolute atomic E-state index is 14.2. The molecule has 0 radical (unpaired) electrons. The molecule has 2 fully saturated rings. The first-order valence-electron chi connectivity index (χ1n) is 16.4. The Bertz CT molecular complexity index is 1790. The Labute approximate surface area is 277 Å². The van der Waals surface area contributed by atoms with Crippen molar-refractivity contribution < 1.29 is 28.7 Å². The van der Waals surface area contributed by atoms with Crippen molar-refractivity contribution in [1.82, 2.24) is 0 Å².